The number of aliphatic hydroxyl groups excluding tert-OH is 1. The molecule has 1 heterocycles. The highest BCUT2D eigenvalue weighted by Crippen LogP contribution is 2.06. The first-order valence-electron chi connectivity index (χ1n) is 5.31. The van der Waals surface area contributed by atoms with Crippen LogP contribution in [0, 0.1) is 0 Å². The summed E-state index contributed by atoms with van der Waals surface area (Å²) < 4.78 is 1.40. The Hall–Kier alpha value is -1.68. The van der Waals surface area contributed by atoms with Crippen LogP contribution in [0.1, 0.15) is 13.3 Å². The van der Waals surface area contributed by atoms with E-state index in [1.165, 1.54) is 4.68 Å². The van der Waals surface area contributed by atoms with E-state index in [0.29, 0.717) is 18.4 Å². The van der Waals surface area contributed by atoms with E-state index in [2.05, 4.69) is 5.10 Å². The second kappa shape index (κ2) is 4.45. The fourth-order valence-electron chi connectivity index (χ4n) is 1.60. The Labute approximate surface area is 93.1 Å². The van der Waals surface area contributed by atoms with Crippen LogP contribution >= 0.6 is 0 Å². The number of hydrogen-bond acceptors (Lipinski definition) is 3. The zero-order valence-electron chi connectivity index (χ0n) is 9.13. The molecule has 0 spiro atoms. The molecule has 0 fully saturated rings. The summed E-state index contributed by atoms with van der Waals surface area (Å²) >= 11 is 0. The summed E-state index contributed by atoms with van der Waals surface area (Å²) in [7, 11) is 0. The van der Waals surface area contributed by atoms with Gasteiger partial charge < -0.3 is 5.11 Å². The zero-order chi connectivity index (χ0) is 11.5. The third kappa shape index (κ3) is 2.12. The first-order chi connectivity index (χ1) is 7.68. The molecule has 0 amide bonds. The maximum Gasteiger partial charge on any atom is 0.274 e. The van der Waals surface area contributed by atoms with Gasteiger partial charge in [0, 0.05) is 11.9 Å². The number of fused-ring (bicyclic) bond motifs is 1. The van der Waals surface area contributed by atoms with Crippen LogP contribution in [0.25, 0.3) is 10.8 Å². The van der Waals surface area contributed by atoms with Crippen molar-refractivity contribution in [3.63, 3.8) is 0 Å². The quantitative estimate of drug-likeness (QED) is 0.841. The highest BCUT2D eigenvalue weighted by molar-refractivity contribution is 5.80. The second-order valence-corrected chi connectivity index (χ2v) is 3.90. The molecular weight excluding hydrogens is 204 g/mol. The van der Waals surface area contributed by atoms with Crippen molar-refractivity contribution in [2.75, 3.05) is 0 Å². The molecule has 1 aromatic carbocycles. The molecule has 1 N–H and O–H groups in total. The van der Waals surface area contributed by atoms with E-state index in [0.717, 1.165) is 5.39 Å². The normalized spacial score (nSPS) is 12.9. The van der Waals surface area contributed by atoms with Crippen molar-refractivity contribution in [2.24, 2.45) is 0 Å². The standard InChI is InChI=1S/C12H14N2O2/c1-9(15)6-7-14-12(16)11-5-3-2-4-10(11)8-13-14/h2-5,8-9,15H,6-7H2,1H3. The summed E-state index contributed by atoms with van der Waals surface area (Å²) in [4.78, 5) is 12.0. The van der Waals surface area contributed by atoms with Crippen LogP contribution < -0.4 is 5.56 Å². The molecule has 0 aliphatic carbocycles. The molecule has 0 aliphatic rings. The number of aromatic nitrogens is 2. The van der Waals surface area contributed by atoms with Gasteiger partial charge in [0.1, 0.15) is 0 Å². The Balaban J connectivity index is 2.41. The van der Waals surface area contributed by atoms with Gasteiger partial charge in [0.2, 0.25) is 0 Å². The van der Waals surface area contributed by atoms with Gasteiger partial charge in [-0.25, -0.2) is 4.68 Å². The first-order valence-corrected chi connectivity index (χ1v) is 5.31. The number of rotatable bonds is 3. The second-order valence-electron chi connectivity index (χ2n) is 3.90. The maximum atomic E-state index is 12.0. The molecule has 0 aliphatic heterocycles. The molecule has 2 aromatic rings. The van der Waals surface area contributed by atoms with E-state index in [1.807, 2.05) is 18.2 Å². The highest BCUT2D eigenvalue weighted by Gasteiger charge is 2.04. The average Bonchev–Trinajstić information content (AvgIpc) is 2.28. The summed E-state index contributed by atoms with van der Waals surface area (Å²) in [6, 6.07) is 7.37. The Kier molecular flexibility index (Phi) is 3.01. The van der Waals surface area contributed by atoms with Gasteiger partial charge >= 0.3 is 0 Å². The van der Waals surface area contributed by atoms with Gasteiger partial charge in [0.05, 0.1) is 17.7 Å². The monoisotopic (exact) mass is 218 g/mol. The summed E-state index contributed by atoms with van der Waals surface area (Å²) in [6.45, 7) is 2.15. The molecular formula is C12H14N2O2. The van der Waals surface area contributed by atoms with E-state index >= 15 is 0 Å². The lowest BCUT2D eigenvalue weighted by Crippen LogP contribution is -2.24. The molecule has 0 saturated carbocycles. The fraction of sp³-hybridized carbons (Fsp3) is 0.333. The molecule has 0 saturated heterocycles. The minimum Gasteiger partial charge on any atom is -0.393 e. The van der Waals surface area contributed by atoms with Crippen molar-refractivity contribution in [2.45, 2.75) is 26.0 Å². The summed E-state index contributed by atoms with van der Waals surface area (Å²) in [5.74, 6) is 0. The Morgan fingerprint density at radius 2 is 2.19 bits per heavy atom. The predicted octanol–water partition coefficient (Wildman–Crippen LogP) is 1.17. The van der Waals surface area contributed by atoms with Crippen LogP contribution in [0.5, 0.6) is 0 Å². The lowest BCUT2D eigenvalue weighted by Gasteiger charge is -2.07. The molecule has 2 rings (SSSR count). The Morgan fingerprint density at radius 3 is 2.94 bits per heavy atom. The van der Waals surface area contributed by atoms with Crippen molar-refractivity contribution in [1.29, 1.82) is 0 Å². The number of aryl methyl sites for hydroxylation is 1. The molecule has 0 radical (unpaired) electrons. The van der Waals surface area contributed by atoms with E-state index < -0.39 is 6.10 Å². The molecule has 1 atom stereocenters. The molecule has 1 unspecified atom stereocenters. The number of benzene rings is 1. The van der Waals surface area contributed by atoms with Crippen LogP contribution in [0.2, 0.25) is 0 Å². The summed E-state index contributed by atoms with van der Waals surface area (Å²) in [5.41, 5.74) is -0.0984. The van der Waals surface area contributed by atoms with Gasteiger partial charge in [-0.1, -0.05) is 18.2 Å². The Bertz CT molecular complexity index is 546. The van der Waals surface area contributed by atoms with E-state index in [-0.39, 0.29) is 5.56 Å². The third-order valence-corrected chi connectivity index (χ3v) is 2.52. The SMILES string of the molecule is CC(O)CCn1ncc2ccccc2c1=O. The van der Waals surface area contributed by atoms with Gasteiger partial charge in [-0.3, -0.25) is 4.79 Å². The van der Waals surface area contributed by atoms with Crippen LogP contribution in [0.15, 0.2) is 35.3 Å². The van der Waals surface area contributed by atoms with E-state index in [1.54, 1.807) is 19.2 Å². The summed E-state index contributed by atoms with van der Waals surface area (Å²) in [6.07, 6.45) is 1.80. The predicted molar refractivity (Wildman–Crippen MR) is 62.3 cm³/mol. The summed E-state index contributed by atoms with van der Waals surface area (Å²) in [5, 5.41) is 14.8. The highest BCUT2D eigenvalue weighted by atomic mass is 16.3. The number of nitrogens with zero attached hydrogens (tertiary/aromatic N) is 2. The van der Waals surface area contributed by atoms with Gasteiger partial charge in [0.25, 0.3) is 5.56 Å². The topological polar surface area (TPSA) is 55.1 Å². The van der Waals surface area contributed by atoms with Crippen molar-refractivity contribution in [3.8, 4) is 0 Å². The van der Waals surface area contributed by atoms with E-state index in [9.17, 15) is 9.90 Å². The molecule has 1 aromatic heterocycles. The molecule has 16 heavy (non-hydrogen) atoms. The van der Waals surface area contributed by atoms with Crippen LogP contribution in [0.4, 0.5) is 0 Å². The third-order valence-electron chi connectivity index (χ3n) is 2.52. The van der Waals surface area contributed by atoms with Crippen LogP contribution in [-0.4, -0.2) is 21.0 Å². The fourth-order valence-corrected chi connectivity index (χ4v) is 1.60. The largest absolute Gasteiger partial charge is 0.393 e. The van der Waals surface area contributed by atoms with Crippen LogP contribution in [-0.2, 0) is 6.54 Å². The molecule has 0 bridgehead atoms. The van der Waals surface area contributed by atoms with Crippen molar-refractivity contribution >= 4 is 10.8 Å². The van der Waals surface area contributed by atoms with Crippen LogP contribution in [0.3, 0.4) is 0 Å². The lowest BCUT2D eigenvalue weighted by molar-refractivity contribution is 0.175. The van der Waals surface area contributed by atoms with Gasteiger partial charge in [-0.15, -0.1) is 0 Å². The average molecular weight is 218 g/mol. The minimum atomic E-state index is -0.417. The first kappa shape index (κ1) is 10.8. The van der Waals surface area contributed by atoms with Crippen molar-refractivity contribution < 1.29 is 5.11 Å². The number of hydrogen-bond donors (Lipinski definition) is 1. The maximum absolute atomic E-state index is 12.0. The molecule has 4 nitrogen and oxygen atoms in total. The molecule has 4 heteroatoms. The van der Waals surface area contributed by atoms with Gasteiger partial charge in [-0.05, 0) is 19.4 Å². The van der Waals surface area contributed by atoms with Crippen molar-refractivity contribution in [3.05, 3.63) is 40.8 Å². The Morgan fingerprint density at radius 1 is 1.44 bits per heavy atom. The van der Waals surface area contributed by atoms with Gasteiger partial charge in [0.15, 0.2) is 0 Å². The van der Waals surface area contributed by atoms with Gasteiger partial charge in [-0.2, -0.15) is 5.10 Å². The smallest absolute Gasteiger partial charge is 0.274 e. The molecule has 84 valence electrons. The van der Waals surface area contributed by atoms with E-state index in [4.69, 9.17) is 0 Å². The minimum absolute atomic E-state index is 0.0984. The lowest BCUT2D eigenvalue weighted by atomic mass is 10.2. The zero-order valence-corrected chi connectivity index (χ0v) is 9.13. The van der Waals surface area contributed by atoms with Crippen molar-refractivity contribution in [1.82, 2.24) is 9.78 Å². The number of aliphatic hydroxyl groups is 1.